The Bertz CT molecular complexity index is 913. The predicted molar refractivity (Wildman–Crippen MR) is 104 cm³/mol. The number of amides is 1. The number of nitro benzene ring substituents is 1. The molecule has 1 aliphatic rings. The number of ether oxygens (including phenoxy) is 1. The lowest BCUT2D eigenvalue weighted by Gasteiger charge is -2.36. The van der Waals surface area contributed by atoms with E-state index in [9.17, 15) is 19.3 Å². The van der Waals surface area contributed by atoms with Crippen molar-refractivity contribution in [3.63, 3.8) is 0 Å². The van der Waals surface area contributed by atoms with Crippen LogP contribution in [-0.4, -0.2) is 49.0 Å². The number of methoxy groups -OCH3 is 1. The van der Waals surface area contributed by atoms with Crippen LogP contribution in [0.2, 0.25) is 10.0 Å². The van der Waals surface area contributed by atoms with E-state index < -0.39 is 10.7 Å². The fourth-order valence-corrected chi connectivity index (χ4v) is 3.62. The molecule has 1 heterocycles. The molecule has 7 nitrogen and oxygen atoms in total. The molecule has 28 heavy (non-hydrogen) atoms. The maximum Gasteiger partial charge on any atom is 0.295 e. The SMILES string of the molecule is COc1cc(N2CCN(C(=O)c3cc(Cl)cc(Cl)c3)CC2)c([N+](=O)[O-])cc1F. The molecule has 0 bridgehead atoms. The minimum Gasteiger partial charge on any atom is -0.494 e. The van der Waals surface area contributed by atoms with Crippen LogP contribution in [0.4, 0.5) is 15.8 Å². The lowest BCUT2D eigenvalue weighted by molar-refractivity contribution is -0.384. The number of piperazine rings is 1. The third-order valence-corrected chi connectivity index (χ3v) is 4.90. The first-order valence-corrected chi connectivity index (χ1v) is 9.08. The van der Waals surface area contributed by atoms with E-state index in [0.29, 0.717) is 41.8 Å². The van der Waals surface area contributed by atoms with E-state index in [1.807, 2.05) is 0 Å². The molecule has 10 heteroatoms. The van der Waals surface area contributed by atoms with E-state index in [4.69, 9.17) is 27.9 Å². The molecule has 0 unspecified atom stereocenters. The molecular formula is C18H16Cl2FN3O4. The Balaban J connectivity index is 1.78. The first kappa shape index (κ1) is 20.2. The number of rotatable bonds is 4. The van der Waals surface area contributed by atoms with Crippen molar-refractivity contribution in [1.82, 2.24) is 4.90 Å². The zero-order chi connectivity index (χ0) is 20.4. The molecule has 1 fully saturated rings. The largest absolute Gasteiger partial charge is 0.494 e. The van der Waals surface area contributed by atoms with Crippen LogP contribution < -0.4 is 9.64 Å². The van der Waals surface area contributed by atoms with Crippen molar-refractivity contribution in [1.29, 1.82) is 0 Å². The molecule has 2 aromatic rings. The molecule has 2 aromatic carbocycles. The quantitative estimate of drug-likeness (QED) is 0.544. The third kappa shape index (κ3) is 4.13. The summed E-state index contributed by atoms with van der Waals surface area (Å²) in [6, 6.07) is 6.77. The summed E-state index contributed by atoms with van der Waals surface area (Å²) in [6.45, 7) is 1.35. The maximum atomic E-state index is 13.9. The molecule has 0 radical (unpaired) electrons. The van der Waals surface area contributed by atoms with E-state index in [1.54, 1.807) is 15.9 Å². The highest BCUT2D eigenvalue weighted by Gasteiger charge is 2.28. The van der Waals surface area contributed by atoms with E-state index in [2.05, 4.69) is 0 Å². The van der Waals surface area contributed by atoms with Gasteiger partial charge in [0.25, 0.3) is 11.6 Å². The number of nitrogens with zero attached hydrogens (tertiary/aromatic N) is 3. The number of hydrogen-bond donors (Lipinski definition) is 0. The van der Waals surface area contributed by atoms with Gasteiger partial charge in [-0.25, -0.2) is 4.39 Å². The van der Waals surface area contributed by atoms with Gasteiger partial charge in [0, 0.05) is 47.9 Å². The fourth-order valence-electron chi connectivity index (χ4n) is 3.10. The molecule has 0 atom stereocenters. The van der Waals surface area contributed by atoms with Gasteiger partial charge in [-0.3, -0.25) is 14.9 Å². The Morgan fingerprint density at radius 2 is 1.71 bits per heavy atom. The van der Waals surface area contributed by atoms with Crippen molar-refractivity contribution >= 4 is 40.5 Å². The zero-order valence-electron chi connectivity index (χ0n) is 14.8. The summed E-state index contributed by atoms with van der Waals surface area (Å²) in [6.07, 6.45) is 0. The summed E-state index contributed by atoms with van der Waals surface area (Å²) >= 11 is 11.9. The highest BCUT2D eigenvalue weighted by molar-refractivity contribution is 6.35. The molecule has 0 saturated carbocycles. The number of anilines is 1. The molecule has 1 aliphatic heterocycles. The number of carbonyl (C=O) groups excluding carboxylic acids is 1. The fraction of sp³-hybridized carbons (Fsp3) is 0.278. The summed E-state index contributed by atoms with van der Waals surface area (Å²) in [5.41, 5.74) is 0.279. The summed E-state index contributed by atoms with van der Waals surface area (Å²) in [5.74, 6) is -1.10. The molecule has 0 aromatic heterocycles. The van der Waals surface area contributed by atoms with E-state index in [0.717, 1.165) is 6.07 Å². The van der Waals surface area contributed by atoms with Crippen molar-refractivity contribution in [2.75, 3.05) is 38.2 Å². The summed E-state index contributed by atoms with van der Waals surface area (Å²) < 4.78 is 18.8. The third-order valence-electron chi connectivity index (χ3n) is 4.46. The van der Waals surface area contributed by atoms with Crippen LogP contribution >= 0.6 is 23.2 Å². The molecule has 1 saturated heterocycles. The number of halogens is 3. The van der Waals surface area contributed by atoms with E-state index in [1.165, 1.54) is 25.3 Å². The second kappa shape index (κ2) is 8.20. The second-order valence-electron chi connectivity index (χ2n) is 6.17. The Labute approximate surface area is 170 Å². The highest BCUT2D eigenvalue weighted by atomic mass is 35.5. The van der Waals surface area contributed by atoms with Crippen LogP contribution in [0.5, 0.6) is 5.75 Å². The lowest BCUT2D eigenvalue weighted by atomic mass is 10.1. The van der Waals surface area contributed by atoms with Crippen molar-refractivity contribution in [2.24, 2.45) is 0 Å². The Morgan fingerprint density at radius 3 is 2.25 bits per heavy atom. The monoisotopic (exact) mass is 427 g/mol. The van der Waals surface area contributed by atoms with Gasteiger partial charge < -0.3 is 14.5 Å². The Hall–Kier alpha value is -2.58. The second-order valence-corrected chi connectivity index (χ2v) is 7.04. The number of hydrogen-bond acceptors (Lipinski definition) is 5. The molecule has 0 spiro atoms. The smallest absolute Gasteiger partial charge is 0.295 e. The lowest BCUT2D eigenvalue weighted by Crippen LogP contribution is -2.49. The normalized spacial score (nSPS) is 14.1. The van der Waals surface area contributed by atoms with Gasteiger partial charge in [-0.05, 0) is 18.2 Å². The predicted octanol–water partition coefficient (Wildman–Crippen LogP) is 4.01. The standard InChI is InChI=1S/C18H16Cl2FN3O4/c1-28-17-10-15(16(24(26)27)9-14(17)21)22-2-4-23(5-3-22)18(25)11-6-12(19)8-13(20)7-11/h6-10H,2-5H2,1H3. The average molecular weight is 428 g/mol. The summed E-state index contributed by atoms with van der Waals surface area (Å²) in [4.78, 5) is 26.7. The van der Waals surface area contributed by atoms with Gasteiger partial charge in [0.15, 0.2) is 11.6 Å². The van der Waals surface area contributed by atoms with Crippen molar-refractivity contribution in [3.8, 4) is 5.75 Å². The van der Waals surface area contributed by atoms with Gasteiger partial charge in [0.05, 0.1) is 18.1 Å². The van der Waals surface area contributed by atoms with Crippen molar-refractivity contribution < 1.29 is 18.8 Å². The summed E-state index contributed by atoms with van der Waals surface area (Å²) in [7, 11) is 1.29. The van der Waals surface area contributed by atoms with Crippen LogP contribution in [0, 0.1) is 15.9 Å². The minimum absolute atomic E-state index is 0.0762. The van der Waals surface area contributed by atoms with Gasteiger partial charge in [0.2, 0.25) is 0 Å². The molecule has 1 amide bonds. The first-order valence-electron chi connectivity index (χ1n) is 8.32. The van der Waals surface area contributed by atoms with Crippen LogP contribution in [-0.2, 0) is 0 Å². The molecule has 3 rings (SSSR count). The van der Waals surface area contributed by atoms with E-state index in [-0.39, 0.29) is 23.0 Å². The van der Waals surface area contributed by atoms with Gasteiger partial charge in [-0.1, -0.05) is 23.2 Å². The van der Waals surface area contributed by atoms with E-state index >= 15 is 0 Å². The van der Waals surface area contributed by atoms with Gasteiger partial charge in [0.1, 0.15) is 5.69 Å². The number of nitro groups is 1. The first-order chi connectivity index (χ1) is 13.3. The Kier molecular flexibility index (Phi) is 5.90. The van der Waals surface area contributed by atoms with Gasteiger partial charge >= 0.3 is 0 Å². The van der Waals surface area contributed by atoms with Crippen LogP contribution in [0.15, 0.2) is 30.3 Å². The zero-order valence-corrected chi connectivity index (χ0v) is 16.3. The van der Waals surface area contributed by atoms with Crippen molar-refractivity contribution in [3.05, 3.63) is 61.9 Å². The molecule has 0 N–H and O–H groups in total. The minimum atomic E-state index is -0.801. The molecular weight excluding hydrogens is 412 g/mol. The average Bonchev–Trinajstić information content (AvgIpc) is 2.66. The van der Waals surface area contributed by atoms with Crippen molar-refractivity contribution in [2.45, 2.75) is 0 Å². The molecule has 148 valence electrons. The maximum absolute atomic E-state index is 13.9. The van der Waals surface area contributed by atoms with Gasteiger partial charge in [-0.15, -0.1) is 0 Å². The molecule has 0 aliphatic carbocycles. The number of benzene rings is 2. The van der Waals surface area contributed by atoms with Gasteiger partial charge in [-0.2, -0.15) is 0 Å². The number of carbonyl (C=O) groups is 1. The van der Waals surface area contributed by atoms with Crippen LogP contribution in [0.25, 0.3) is 0 Å². The Morgan fingerprint density at radius 1 is 1.11 bits per heavy atom. The van der Waals surface area contributed by atoms with Crippen LogP contribution in [0.3, 0.4) is 0 Å². The van der Waals surface area contributed by atoms with Crippen LogP contribution in [0.1, 0.15) is 10.4 Å². The topological polar surface area (TPSA) is 75.9 Å². The summed E-state index contributed by atoms with van der Waals surface area (Å²) in [5, 5.41) is 12.0. The highest BCUT2D eigenvalue weighted by Crippen LogP contribution is 2.35.